The molecule has 1 unspecified atom stereocenters. The largest absolute Gasteiger partial charge is 0.345 e. The molecule has 0 bridgehead atoms. The van der Waals surface area contributed by atoms with E-state index in [9.17, 15) is 14.4 Å². The Balaban J connectivity index is 1.41. The molecule has 4 amide bonds. The lowest BCUT2D eigenvalue weighted by Crippen LogP contribution is -2.59. The maximum atomic E-state index is 12.7. The van der Waals surface area contributed by atoms with Crippen molar-refractivity contribution in [3.05, 3.63) is 0 Å². The third kappa shape index (κ3) is 1.88. The fourth-order valence-electron chi connectivity index (χ4n) is 4.48. The number of nitrogens with zero attached hydrogens (tertiary/aromatic N) is 2. The standard InChI is InChI=1S/C16H23N3O3/c1-18-6-5-11(13(18)20)9-19-14(21)16(17-15(19)22)7-12(8-16)10-3-2-4-10/h10-12H,2-9H2,1H3,(H,17,22). The van der Waals surface area contributed by atoms with Gasteiger partial charge in [0.15, 0.2) is 0 Å². The summed E-state index contributed by atoms with van der Waals surface area (Å²) in [5.41, 5.74) is -0.648. The molecular weight excluding hydrogens is 282 g/mol. The number of urea groups is 1. The number of nitrogens with one attached hydrogen (secondary N) is 1. The summed E-state index contributed by atoms with van der Waals surface area (Å²) in [6, 6.07) is -0.306. The predicted molar refractivity (Wildman–Crippen MR) is 78.8 cm³/mol. The molecular formula is C16H23N3O3. The Bertz CT molecular complexity index is 537. The summed E-state index contributed by atoms with van der Waals surface area (Å²) in [6.45, 7) is 0.950. The molecule has 1 spiro atoms. The Morgan fingerprint density at radius 3 is 2.41 bits per heavy atom. The van der Waals surface area contributed by atoms with Gasteiger partial charge in [-0.05, 0) is 31.1 Å². The fourth-order valence-corrected chi connectivity index (χ4v) is 4.48. The zero-order valence-corrected chi connectivity index (χ0v) is 13.0. The van der Waals surface area contributed by atoms with Crippen LogP contribution in [0.2, 0.25) is 0 Å². The number of carbonyl (C=O) groups excluding carboxylic acids is 3. The van der Waals surface area contributed by atoms with Crippen molar-refractivity contribution in [3.63, 3.8) is 0 Å². The zero-order valence-electron chi connectivity index (χ0n) is 13.0. The van der Waals surface area contributed by atoms with Crippen LogP contribution in [0, 0.1) is 17.8 Å². The van der Waals surface area contributed by atoms with Crippen LogP contribution in [0.15, 0.2) is 0 Å². The van der Waals surface area contributed by atoms with Crippen LogP contribution in [-0.2, 0) is 9.59 Å². The summed E-state index contributed by atoms with van der Waals surface area (Å²) < 4.78 is 0. The van der Waals surface area contributed by atoms with Crippen LogP contribution in [0.4, 0.5) is 4.79 Å². The predicted octanol–water partition coefficient (Wildman–Crippen LogP) is 0.965. The summed E-state index contributed by atoms with van der Waals surface area (Å²) in [5.74, 6) is 1.07. The van der Waals surface area contributed by atoms with Crippen molar-refractivity contribution >= 4 is 17.8 Å². The van der Waals surface area contributed by atoms with Crippen LogP contribution in [-0.4, -0.2) is 53.3 Å². The molecule has 2 aliphatic heterocycles. The highest BCUT2D eigenvalue weighted by Crippen LogP contribution is 2.51. The zero-order chi connectivity index (χ0) is 15.5. The average Bonchev–Trinajstić information content (AvgIpc) is 2.82. The first-order chi connectivity index (χ1) is 10.5. The van der Waals surface area contributed by atoms with Crippen molar-refractivity contribution in [1.29, 1.82) is 0 Å². The van der Waals surface area contributed by atoms with Crippen molar-refractivity contribution in [3.8, 4) is 0 Å². The van der Waals surface area contributed by atoms with Gasteiger partial charge in [0.25, 0.3) is 5.91 Å². The van der Waals surface area contributed by atoms with E-state index in [1.807, 2.05) is 0 Å². The van der Waals surface area contributed by atoms with Crippen molar-refractivity contribution in [2.75, 3.05) is 20.1 Å². The number of hydrogen-bond donors (Lipinski definition) is 1. The highest BCUT2D eigenvalue weighted by atomic mass is 16.2. The van der Waals surface area contributed by atoms with Gasteiger partial charge in [0.1, 0.15) is 5.54 Å². The van der Waals surface area contributed by atoms with E-state index in [-0.39, 0.29) is 30.3 Å². The lowest BCUT2D eigenvalue weighted by atomic mass is 9.58. The summed E-state index contributed by atoms with van der Waals surface area (Å²) >= 11 is 0. The van der Waals surface area contributed by atoms with Crippen LogP contribution in [0.25, 0.3) is 0 Å². The molecule has 1 N–H and O–H groups in total. The number of imide groups is 1. The van der Waals surface area contributed by atoms with Gasteiger partial charge < -0.3 is 10.2 Å². The van der Waals surface area contributed by atoms with E-state index in [0.29, 0.717) is 12.5 Å². The fraction of sp³-hybridized carbons (Fsp3) is 0.812. The van der Waals surface area contributed by atoms with Gasteiger partial charge in [-0.15, -0.1) is 0 Å². The Morgan fingerprint density at radius 2 is 1.86 bits per heavy atom. The Kier molecular flexibility index (Phi) is 3.00. The maximum Gasteiger partial charge on any atom is 0.325 e. The second-order valence-corrected chi connectivity index (χ2v) is 7.53. The van der Waals surface area contributed by atoms with E-state index in [1.54, 1.807) is 11.9 Å². The number of amides is 4. The molecule has 4 fully saturated rings. The minimum absolute atomic E-state index is 0.0440. The van der Waals surface area contributed by atoms with Crippen LogP contribution < -0.4 is 5.32 Å². The van der Waals surface area contributed by atoms with Gasteiger partial charge in [-0.1, -0.05) is 19.3 Å². The van der Waals surface area contributed by atoms with Gasteiger partial charge in [0, 0.05) is 20.1 Å². The lowest BCUT2D eigenvalue weighted by Gasteiger charge is -2.49. The van der Waals surface area contributed by atoms with E-state index in [1.165, 1.54) is 24.2 Å². The number of likely N-dealkylation sites (tertiary alicyclic amines) is 1. The molecule has 6 heteroatoms. The molecule has 2 saturated carbocycles. The first-order valence-corrected chi connectivity index (χ1v) is 8.39. The molecule has 22 heavy (non-hydrogen) atoms. The SMILES string of the molecule is CN1CCC(CN2C(=O)NC3(CC(C4CCC4)C3)C2=O)C1=O. The summed E-state index contributed by atoms with van der Waals surface area (Å²) in [4.78, 5) is 39.8. The smallest absolute Gasteiger partial charge is 0.325 e. The van der Waals surface area contributed by atoms with Crippen molar-refractivity contribution in [2.24, 2.45) is 17.8 Å². The van der Waals surface area contributed by atoms with Gasteiger partial charge in [0.05, 0.1) is 5.92 Å². The maximum absolute atomic E-state index is 12.7. The van der Waals surface area contributed by atoms with E-state index in [2.05, 4.69) is 5.32 Å². The van der Waals surface area contributed by atoms with E-state index >= 15 is 0 Å². The third-order valence-electron chi connectivity index (χ3n) is 6.23. The van der Waals surface area contributed by atoms with Gasteiger partial charge in [-0.2, -0.15) is 0 Å². The quantitative estimate of drug-likeness (QED) is 0.790. The molecule has 2 saturated heterocycles. The molecule has 4 aliphatic rings. The highest BCUT2D eigenvalue weighted by Gasteiger charge is 2.60. The molecule has 4 rings (SSSR count). The van der Waals surface area contributed by atoms with Gasteiger partial charge >= 0.3 is 6.03 Å². The molecule has 0 aromatic rings. The first kappa shape index (κ1) is 14.0. The summed E-state index contributed by atoms with van der Waals surface area (Å²) in [5, 5.41) is 2.91. The first-order valence-electron chi connectivity index (χ1n) is 8.39. The molecule has 1 atom stereocenters. The molecule has 0 aromatic heterocycles. The van der Waals surface area contributed by atoms with Crippen molar-refractivity contribution in [2.45, 2.75) is 44.1 Å². The average molecular weight is 305 g/mol. The van der Waals surface area contributed by atoms with Crippen molar-refractivity contribution < 1.29 is 14.4 Å². The monoisotopic (exact) mass is 305 g/mol. The van der Waals surface area contributed by atoms with Crippen LogP contribution in [0.5, 0.6) is 0 Å². The number of rotatable bonds is 3. The van der Waals surface area contributed by atoms with E-state index < -0.39 is 5.54 Å². The molecule has 6 nitrogen and oxygen atoms in total. The Hall–Kier alpha value is -1.59. The normalized spacial score (nSPS) is 38.5. The highest BCUT2D eigenvalue weighted by molar-refractivity contribution is 6.08. The van der Waals surface area contributed by atoms with Gasteiger partial charge in [0.2, 0.25) is 5.91 Å². The van der Waals surface area contributed by atoms with E-state index in [4.69, 9.17) is 0 Å². The van der Waals surface area contributed by atoms with Crippen LogP contribution in [0.3, 0.4) is 0 Å². The minimum atomic E-state index is -0.648. The van der Waals surface area contributed by atoms with Gasteiger partial charge in [-0.3, -0.25) is 14.5 Å². The second kappa shape index (κ2) is 4.70. The molecule has 0 aromatic carbocycles. The van der Waals surface area contributed by atoms with Crippen LogP contribution >= 0.6 is 0 Å². The van der Waals surface area contributed by atoms with Crippen LogP contribution in [0.1, 0.15) is 38.5 Å². The van der Waals surface area contributed by atoms with Gasteiger partial charge in [-0.25, -0.2) is 4.79 Å². The molecule has 2 heterocycles. The Labute approximate surface area is 130 Å². The minimum Gasteiger partial charge on any atom is -0.345 e. The number of hydrogen-bond acceptors (Lipinski definition) is 3. The Morgan fingerprint density at radius 1 is 1.14 bits per heavy atom. The van der Waals surface area contributed by atoms with Crippen molar-refractivity contribution in [1.82, 2.24) is 15.1 Å². The third-order valence-corrected chi connectivity index (χ3v) is 6.23. The lowest BCUT2D eigenvalue weighted by molar-refractivity contribution is -0.139. The second-order valence-electron chi connectivity index (χ2n) is 7.53. The van der Waals surface area contributed by atoms with E-state index in [0.717, 1.165) is 25.2 Å². The number of carbonyl (C=O) groups is 3. The molecule has 2 aliphatic carbocycles. The molecule has 120 valence electrons. The topological polar surface area (TPSA) is 69.7 Å². The molecule has 0 radical (unpaired) electrons. The summed E-state index contributed by atoms with van der Waals surface area (Å²) in [7, 11) is 1.77. The summed E-state index contributed by atoms with van der Waals surface area (Å²) in [6.07, 6.45) is 6.15.